The second-order valence-corrected chi connectivity index (χ2v) is 6.14. The normalized spacial score (nSPS) is 28.2. The molecule has 1 aromatic heterocycles. The van der Waals surface area contributed by atoms with Crippen LogP contribution in [0, 0.1) is 0 Å². The van der Waals surface area contributed by atoms with Crippen molar-refractivity contribution in [1.29, 1.82) is 0 Å². The highest BCUT2D eigenvalue weighted by molar-refractivity contribution is 8.00. The minimum Gasteiger partial charge on any atom is -0.245 e. The van der Waals surface area contributed by atoms with Gasteiger partial charge in [-0.05, 0) is 31.9 Å². The molecule has 0 saturated carbocycles. The molecule has 0 aliphatic carbocycles. The van der Waals surface area contributed by atoms with E-state index >= 15 is 0 Å². The minimum absolute atomic E-state index is 0.331. The van der Waals surface area contributed by atoms with Crippen LogP contribution in [0.3, 0.4) is 0 Å². The fourth-order valence-electron chi connectivity index (χ4n) is 1.66. The van der Waals surface area contributed by atoms with Gasteiger partial charge in [-0.1, -0.05) is 6.92 Å². The number of thioether (sulfide) groups is 1. The summed E-state index contributed by atoms with van der Waals surface area (Å²) in [6.07, 6.45) is 3.72. The lowest BCUT2D eigenvalue weighted by Crippen LogP contribution is -2.12. The molecule has 1 atom stereocenters. The van der Waals surface area contributed by atoms with Gasteiger partial charge in [0, 0.05) is 5.38 Å². The van der Waals surface area contributed by atoms with Gasteiger partial charge in [-0.2, -0.15) is 0 Å². The SMILES string of the molecule is CCc1csc(C2(C)CCCS2)n1. The Kier molecular flexibility index (Phi) is 2.65. The summed E-state index contributed by atoms with van der Waals surface area (Å²) in [5, 5.41) is 3.55. The molecule has 1 unspecified atom stereocenters. The molecule has 0 N–H and O–H groups in total. The Hall–Kier alpha value is -0.0200. The zero-order chi connectivity index (χ0) is 9.31. The highest BCUT2D eigenvalue weighted by Crippen LogP contribution is 2.47. The van der Waals surface area contributed by atoms with Gasteiger partial charge in [0.25, 0.3) is 0 Å². The van der Waals surface area contributed by atoms with Gasteiger partial charge in [0.2, 0.25) is 0 Å². The molecule has 0 aromatic carbocycles. The van der Waals surface area contributed by atoms with Crippen LogP contribution in [-0.2, 0) is 11.2 Å². The van der Waals surface area contributed by atoms with Crippen LogP contribution in [0.1, 0.15) is 37.4 Å². The summed E-state index contributed by atoms with van der Waals surface area (Å²) in [6, 6.07) is 0. The number of rotatable bonds is 2. The Morgan fingerprint density at radius 1 is 1.62 bits per heavy atom. The zero-order valence-corrected chi connectivity index (χ0v) is 9.80. The van der Waals surface area contributed by atoms with Crippen LogP contribution in [0.25, 0.3) is 0 Å². The smallest absolute Gasteiger partial charge is 0.109 e. The van der Waals surface area contributed by atoms with Gasteiger partial charge in [0.15, 0.2) is 0 Å². The third-order valence-corrected chi connectivity index (χ3v) is 5.40. The topological polar surface area (TPSA) is 12.9 Å². The first-order valence-corrected chi connectivity index (χ1v) is 6.70. The Morgan fingerprint density at radius 2 is 2.46 bits per heavy atom. The van der Waals surface area contributed by atoms with E-state index in [0.717, 1.165) is 6.42 Å². The van der Waals surface area contributed by atoms with E-state index < -0.39 is 0 Å². The van der Waals surface area contributed by atoms with E-state index in [9.17, 15) is 0 Å². The summed E-state index contributed by atoms with van der Waals surface area (Å²) < 4.78 is 0.331. The highest BCUT2D eigenvalue weighted by atomic mass is 32.2. The van der Waals surface area contributed by atoms with E-state index in [4.69, 9.17) is 0 Å². The largest absolute Gasteiger partial charge is 0.245 e. The van der Waals surface area contributed by atoms with E-state index in [2.05, 4.69) is 36.0 Å². The lowest BCUT2D eigenvalue weighted by atomic mass is 10.1. The first-order chi connectivity index (χ1) is 6.24. The lowest BCUT2D eigenvalue weighted by Gasteiger charge is -2.18. The number of hydrogen-bond acceptors (Lipinski definition) is 3. The van der Waals surface area contributed by atoms with Crippen molar-refractivity contribution in [2.24, 2.45) is 0 Å². The third-order valence-electron chi connectivity index (χ3n) is 2.59. The first-order valence-electron chi connectivity index (χ1n) is 4.83. The molecule has 1 nitrogen and oxygen atoms in total. The molecule has 0 bridgehead atoms. The van der Waals surface area contributed by atoms with Crippen LogP contribution in [0.5, 0.6) is 0 Å². The summed E-state index contributed by atoms with van der Waals surface area (Å²) in [5.74, 6) is 1.30. The molecule has 2 heterocycles. The van der Waals surface area contributed by atoms with Gasteiger partial charge in [-0.15, -0.1) is 23.1 Å². The molecule has 3 heteroatoms. The van der Waals surface area contributed by atoms with Crippen LogP contribution in [0.15, 0.2) is 5.38 Å². The highest BCUT2D eigenvalue weighted by Gasteiger charge is 2.33. The number of thiazole rings is 1. The van der Waals surface area contributed by atoms with Crippen molar-refractivity contribution in [3.05, 3.63) is 16.1 Å². The van der Waals surface area contributed by atoms with Gasteiger partial charge in [-0.25, -0.2) is 4.98 Å². The van der Waals surface area contributed by atoms with E-state index in [1.54, 1.807) is 0 Å². The van der Waals surface area contributed by atoms with Crippen LogP contribution < -0.4 is 0 Å². The third kappa shape index (κ3) is 1.77. The summed E-state index contributed by atoms with van der Waals surface area (Å²) in [6.45, 7) is 4.51. The fourth-order valence-corrected chi connectivity index (χ4v) is 4.17. The molecule has 1 aliphatic rings. The maximum Gasteiger partial charge on any atom is 0.109 e. The first kappa shape index (κ1) is 9.53. The van der Waals surface area contributed by atoms with Gasteiger partial charge in [-0.3, -0.25) is 0 Å². The molecular weight excluding hydrogens is 198 g/mol. The second-order valence-electron chi connectivity index (χ2n) is 3.68. The average molecular weight is 213 g/mol. The van der Waals surface area contributed by atoms with Crippen molar-refractivity contribution in [3.63, 3.8) is 0 Å². The summed E-state index contributed by atoms with van der Waals surface area (Å²) in [4.78, 5) is 4.68. The monoisotopic (exact) mass is 213 g/mol. The van der Waals surface area contributed by atoms with Crippen molar-refractivity contribution in [2.75, 3.05) is 5.75 Å². The van der Waals surface area contributed by atoms with Crippen LogP contribution >= 0.6 is 23.1 Å². The molecule has 1 fully saturated rings. The molecule has 0 amide bonds. The van der Waals surface area contributed by atoms with Crippen LogP contribution in [-0.4, -0.2) is 10.7 Å². The van der Waals surface area contributed by atoms with E-state index in [1.165, 1.54) is 29.3 Å². The Morgan fingerprint density at radius 3 is 3.00 bits per heavy atom. The molecule has 1 saturated heterocycles. The summed E-state index contributed by atoms with van der Waals surface area (Å²) in [7, 11) is 0. The Bertz CT molecular complexity index is 287. The average Bonchev–Trinajstić information content (AvgIpc) is 2.72. The molecule has 13 heavy (non-hydrogen) atoms. The van der Waals surface area contributed by atoms with Crippen molar-refractivity contribution < 1.29 is 0 Å². The summed E-state index contributed by atoms with van der Waals surface area (Å²) >= 11 is 3.91. The van der Waals surface area contributed by atoms with Crippen molar-refractivity contribution in [2.45, 2.75) is 37.9 Å². The number of nitrogens with zero attached hydrogens (tertiary/aromatic N) is 1. The second kappa shape index (κ2) is 3.62. The predicted molar refractivity (Wildman–Crippen MR) is 60.5 cm³/mol. The molecule has 2 rings (SSSR count). The maximum atomic E-state index is 4.68. The Balaban J connectivity index is 2.23. The number of aryl methyl sites for hydroxylation is 1. The quantitative estimate of drug-likeness (QED) is 0.746. The number of aromatic nitrogens is 1. The lowest BCUT2D eigenvalue weighted by molar-refractivity contribution is 0.639. The molecule has 1 aliphatic heterocycles. The fraction of sp³-hybridized carbons (Fsp3) is 0.700. The van der Waals surface area contributed by atoms with Crippen molar-refractivity contribution in [1.82, 2.24) is 4.98 Å². The molecule has 0 radical (unpaired) electrons. The van der Waals surface area contributed by atoms with Crippen LogP contribution in [0.2, 0.25) is 0 Å². The van der Waals surface area contributed by atoms with Crippen molar-refractivity contribution >= 4 is 23.1 Å². The van der Waals surface area contributed by atoms with Crippen LogP contribution in [0.4, 0.5) is 0 Å². The summed E-state index contributed by atoms with van der Waals surface area (Å²) in [5.41, 5.74) is 1.26. The standard InChI is InChI=1S/C10H15NS2/c1-3-8-7-12-9(11-8)10(2)5-4-6-13-10/h7H,3-6H2,1-2H3. The molecule has 72 valence electrons. The zero-order valence-electron chi connectivity index (χ0n) is 8.17. The van der Waals surface area contributed by atoms with Gasteiger partial charge < -0.3 is 0 Å². The minimum atomic E-state index is 0.331. The van der Waals surface area contributed by atoms with Gasteiger partial charge >= 0.3 is 0 Å². The van der Waals surface area contributed by atoms with E-state index in [-0.39, 0.29) is 0 Å². The number of hydrogen-bond donors (Lipinski definition) is 0. The molecule has 1 aromatic rings. The van der Waals surface area contributed by atoms with Crippen molar-refractivity contribution in [3.8, 4) is 0 Å². The molecule has 0 spiro atoms. The molecular formula is C10H15NS2. The van der Waals surface area contributed by atoms with Gasteiger partial charge in [0.1, 0.15) is 5.01 Å². The van der Waals surface area contributed by atoms with E-state index in [1.807, 2.05) is 11.3 Å². The van der Waals surface area contributed by atoms with Gasteiger partial charge in [0.05, 0.1) is 10.4 Å². The predicted octanol–water partition coefficient (Wildman–Crippen LogP) is 3.45. The Labute approximate surface area is 88.0 Å². The van der Waals surface area contributed by atoms with E-state index in [0.29, 0.717) is 4.75 Å². The maximum absolute atomic E-state index is 4.68.